The molecule has 30 heavy (non-hydrogen) atoms. The van der Waals surface area contributed by atoms with E-state index in [9.17, 15) is 9.59 Å². The van der Waals surface area contributed by atoms with Crippen molar-refractivity contribution >= 4 is 51.8 Å². The molecule has 1 amide bonds. The molecule has 0 spiro atoms. The van der Waals surface area contributed by atoms with Gasteiger partial charge in [0.1, 0.15) is 12.4 Å². The van der Waals surface area contributed by atoms with Crippen molar-refractivity contribution in [1.29, 1.82) is 0 Å². The maximum absolute atomic E-state index is 12.2. The van der Waals surface area contributed by atoms with E-state index in [-0.39, 0.29) is 13.2 Å². The van der Waals surface area contributed by atoms with Gasteiger partial charge in [0.15, 0.2) is 6.10 Å². The lowest BCUT2D eigenvalue weighted by atomic mass is 10.0. The number of nitrogens with zero attached hydrogens (tertiary/aromatic N) is 3. The number of hydrogen-bond donors (Lipinski definition) is 3. The Bertz CT molecular complexity index is 1110. The van der Waals surface area contributed by atoms with Gasteiger partial charge in [0, 0.05) is 23.7 Å². The summed E-state index contributed by atoms with van der Waals surface area (Å²) < 4.78 is 5.52. The summed E-state index contributed by atoms with van der Waals surface area (Å²) in [5.74, 6) is -1.01. The third kappa shape index (κ3) is 4.04. The topological polar surface area (TPSA) is 120 Å². The summed E-state index contributed by atoms with van der Waals surface area (Å²) >= 11 is 12.6. The number of aliphatic carboxylic acids is 1. The first-order chi connectivity index (χ1) is 14.4. The number of hydrogen-bond acceptors (Lipinski definition) is 6. The van der Waals surface area contributed by atoms with Crippen LogP contribution in [0.3, 0.4) is 0 Å². The van der Waals surface area contributed by atoms with Crippen molar-refractivity contribution in [3.8, 4) is 11.1 Å². The van der Waals surface area contributed by atoms with E-state index in [2.05, 4.69) is 15.5 Å². The molecule has 1 aromatic carbocycles. The van der Waals surface area contributed by atoms with E-state index in [1.807, 2.05) is 17.0 Å². The zero-order chi connectivity index (χ0) is 21.3. The number of amides is 1. The molecule has 0 saturated carbocycles. The molecule has 1 aliphatic heterocycles. The standard InChI is InChI=1S/C19H17Cl2N5O4/c20-13-2-1-11-12(10-6-23-24-7-10)5-15(25-18(11)17(13)21)26-3-4-30-14(9-26)19(29)22-8-16(27)28/h1-2,5-7,14H,3-4,8-9H2,(H,22,29)(H,23,24)(H,27,28)/t14-/m0/s1. The van der Waals surface area contributed by atoms with Crippen molar-refractivity contribution < 1.29 is 19.4 Å². The number of anilines is 1. The fourth-order valence-electron chi connectivity index (χ4n) is 3.31. The molecule has 1 saturated heterocycles. The normalized spacial score (nSPS) is 16.6. The number of H-pyrrole nitrogens is 1. The van der Waals surface area contributed by atoms with Crippen LogP contribution in [-0.4, -0.2) is 64.5 Å². The van der Waals surface area contributed by atoms with Crippen LogP contribution in [0.5, 0.6) is 0 Å². The minimum absolute atomic E-state index is 0.215. The number of aromatic amines is 1. The highest BCUT2D eigenvalue weighted by atomic mass is 35.5. The predicted octanol–water partition coefficient (Wildman–Crippen LogP) is 2.34. The molecule has 3 heterocycles. The molecule has 0 bridgehead atoms. The molecule has 0 unspecified atom stereocenters. The Labute approximate surface area is 180 Å². The number of morpholine rings is 1. The summed E-state index contributed by atoms with van der Waals surface area (Å²) in [6.07, 6.45) is 2.65. The summed E-state index contributed by atoms with van der Waals surface area (Å²) in [5, 5.41) is 19.5. The molecule has 1 aliphatic rings. The quantitative estimate of drug-likeness (QED) is 0.546. The number of carbonyl (C=O) groups is 2. The highest BCUT2D eigenvalue weighted by Gasteiger charge is 2.28. The first-order valence-electron chi connectivity index (χ1n) is 9.08. The lowest BCUT2D eigenvalue weighted by Gasteiger charge is -2.33. The molecular formula is C19H17Cl2N5O4. The van der Waals surface area contributed by atoms with E-state index in [4.69, 9.17) is 38.0 Å². The van der Waals surface area contributed by atoms with Crippen LogP contribution in [0.25, 0.3) is 22.0 Å². The molecule has 4 rings (SSSR count). The summed E-state index contributed by atoms with van der Waals surface area (Å²) in [4.78, 5) is 29.5. The van der Waals surface area contributed by atoms with Crippen molar-refractivity contribution in [1.82, 2.24) is 20.5 Å². The Hall–Kier alpha value is -2.88. The predicted molar refractivity (Wildman–Crippen MR) is 112 cm³/mol. The highest BCUT2D eigenvalue weighted by molar-refractivity contribution is 6.45. The van der Waals surface area contributed by atoms with Gasteiger partial charge in [0.05, 0.1) is 34.9 Å². The van der Waals surface area contributed by atoms with Gasteiger partial charge in [0.2, 0.25) is 0 Å². The van der Waals surface area contributed by atoms with Crippen molar-refractivity contribution in [3.05, 3.63) is 40.6 Å². The number of carbonyl (C=O) groups excluding carboxylic acids is 1. The van der Waals surface area contributed by atoms with E-state index in [1.54, 1.807) is 18.5 Å². The third-order valence-corrected chi connectivity index (χ3v) is 5.56. The number of ether oxygens (including phenoxy) is 1. The maximum atomic E-state index is 12.2. The van der Waals surface area contributed by atoms with Gasteiger partial charge in [0.25, 0.3) is 5.91 Å². The van der Waals surface area contributed by atoms with Gasteiger partial charge in [-0.05, 0) is 17.7 Å². The molecule has 2 aromatic heterocycles. The van der Waals surface area contributed by atoms with E-state index in [0.29, 0.717) is 27.9 Å². The average Bonchev–Trinajstić information content (AvgIpc) is 3.29. The summed E-state index contributed by atoms with van der Waals surface area (Å²) in [6.45, 7) is 0.540. The number of fused-ring (bicyclic) bond motifs is 1. The van der Waals surface area contributed by atoms with Crippen LogP contribution >= 0.6 is 23.2 Å². The number of benzene rings is 1. The lowest BCUT2D eigenvalue weighted by Crippen LogP contribution is -2.50. The van der Waals surface area contributed by atoms with Crippen molar-refractivity contribution in [2.45, 2.75) is 6.10 Å². The van der Waals surface area contributed by atoms with Gasteiger partial charge in [-0.2, -0.15) is 5.10 Å². The Kier molecular flexibility index (Phi) is 5.76. The van der Waals surface area contributed by atoms with E-state index < -0.39 is 24.5 Å². The van der Waals surface area contributed by atoms with E-state index in [1.165, 1.54) is 0 Å². The summed E-state index contributed by atoms with van der Waals surface area (Å²) in [6, 6.07) is 5.47. The monoisotopic (exact) mass is 449 g/mol. The Morgan fingerprint density at radius 2 is 2.20 bits per heavy atom. The molecular weight excluding hydrogens is 433 g/mol. The SMILES string of the molecule is O=C(O)CNC(=O)[C@@H]1CN(c2cc(-c3cn[nH]c3)c3ccc(Cl)c(Cl)c3n2)CCO1. The van der Waals surface area contributed by atoms with Crippen LogP contribution in [0.15, 0.2) is 30.6 Å². The minimum atomic E-state index is -1.12. The molecule has 3 N–H and O–H groups in total. The number of carboxylic acid groups (broad SMARTS) is 1. The first-order valence-corrected chi connectivity index (χ1v) is 9.83. The maximum Gasteiger partial charge on any atom is 0.322 e. The van der Waals surface area contributed by atoms with Crippen LogP contribution in [-0.2, 0) is 14.3 Å². The number of halogens is 2. The lowest BCUT2D eigenvalue weighted by molar-refractivity contribution is -0.140. The number of pyridine rings is 1. The van der Waals surface area contributed by atoms with Gasteiger partial charge in [-0.25, -0.2) is 4.98 Å². The minimum Gasteiger partial charge on any atom is -0.480 e. The smallest absolute Gasteiger partial charge is 0.322 e. The van der Waals surface area contributed by atoms with Crippen LogP contribution in [0.4, 0.5) is 5.82 Å². The molecule has 1 fully saturated rings. The van der Waals surface area contributed by atoms with Crippen molar-refractivity contribution in [2.75, 3.05) is 31.1 Å². The highest BCUT2D eigenvalue weighted by Crippen LogP contribution is 2.37. The van der Waals surface area contributed by atoms with Crippen molar-refractivity contribution in [3.63, 3.8) is 0 Å². The molecule has 1 atom stereocenters. The van der Waals surface area contributed by atoms with E-state index >= 15 is 0 Å². The first kappa shape index (κ1) is 20.4. The second-order valence-electron chi connectivity index (χ2n) is 6.69. The number of nitrogens with one attached hydrogen (secondary N) is 2. The molecule has 0 aliphatic carbocycles. The van der Waals surface area contributed by atoms with Gasteiger partial charge in [-0.3, -0.25) is 14.7 Å². The van der Waals surface area contributed by atoms with Gasteiger partial charge in [-0.15, -0.1) is 0 Å². The van der Waals surface area contributed by atoms with Crippen LogP contribution < -0.4 is 10.2 Å². The van der Waals surface area contributed by atoms with Crippen LogP contribution in [0.2, 0.25) is 10.0 Å². The summed E-state index contributed by atoms with van der Waals surface area (Å²) in [5.41, 5.74) is 2.25. The molecule has 11 heteroatoms. The molecule has 9 nitrogen and oxygen atoms in total. The van der Waals surface area contributed by atoms with Gasteiger partial charge >= 0.3 is 5.97 Å². The largest absolute Gasteiger partial charge is 0.480 e. The molecule has 0 radical (unpaired) electrons. The second-order valence-corrected chi connectivity index (χ2v) is 7.47. The van der Waals surface area contributed by atoms with E-state index in [0.717, 1.165) is 16.5 Å². The number of carboxylic acids is 1. The Morgan fingerprint density at radius 3 is 2.93 bits per heavy atom. The average molecular weight is 450 g/mol. The molecule has 156 valence electrons. The fraction of sp³-hybridized carbons (Fsp3) is 0.263. The van der Waals surface area contributed by atoms with Crippen molar-refractivity contribution in [2.24, 2.45) is 0 Å². The van der Waals surface area contributed by atoms with Crippen LogP contribution in [0.1, 0.15) is 0 Å². The third-order valence-electron chi connectivity index (χ3n) is 4.76. The molecule has 3 aromatic rings. The zero-order valence-corrected chi connectivity index (χ0v) is 17.1. The van der Waals surface area contributed by atoms with Gasteiger partial charge < -0.3 is 20.1 Å². The summed E-state index contributed by atoms with van der Waals surface area (Å²) in [7, 11) is 0. The zero-order valence-electron chi connectivity index (χ0n) is 15.6. The number of rotatable bonds is 5. The second kappa shape index (κ2) is 8.47. The fourth-order valence-corrected chi connectivity index (χ4v) is 3.67. The van der Waals surface area contributed by atoms with Crippen LogP contribution in [0, 0.1) is 0 Å². The number of aromatic nitrogens is 3. The van der Waals surface area contributed by atoms with Gasteiger partial charge in [-0.1, -0.05) is 29.3 Å². The Morgan fingerprint density at radius 1 is 1.37 bits per heavy atom. The Balaban J connectivity index is 1.71.